The fourth-order valence-corrected chi connectivity index (χ4v) is 4.18. The van der Waals surface area contributed by atoms with Crippen LogP contribution in [-0.4, -0.2) is 85.7 Å². The van der Waals surface area contributed by atoms with Crippen molar-refractivity contribution in [1.82, 2.24) is 4.90 Å². The molecule has 13 heteroatoms. The average molecular weight is 499 g/mol. The largest absolute Gasteiger partial charge is 0.452 e. The normalized spacial score (nSPS) is 15.9. The van der Waals surface area contributed by atoms with E-state index in [1.54, 1.807) is 17.0 Å². The number of amides is 1. The van der Waals surface area contributed by atoms with Crippen LogP contribution in [0.5, 0.6) is 0 Å². The van der Waals surface area contributed by atoms with Crippen molar-refractivity contribution < 1.29 is 28.9 Å². The van der Waals surface area contributed by atoms with Crippen LogP contribution in [0.4, 0.5) is 22.7 Å². The minimum absolute atomic E-state index is 0.00917. The first kappa shape index (κ1) is 24.9. The summed E-state index contributed by atoms with van der Waals surface area (Å²) in [5.74, 6) is -1.18. The van der Waals surface area contributed by atoms with Crippen molar-refractivity contribution in [2.24, 2.45) is 0 Å². The number of piperazine rings is 1. The number of carbonyl (C=O) groups excluding carboxylic acids is 2. The topological polar surface area (TPSA) is 149 Å². The Labute approximate surface area is 206 Å². The first-order valence-electron chi connectivity index (χ1n) is 11.4. The number of nitrogens with zero attached hydrogens (tertiary/aromatic N) is 5. The molecule has 2 aliphatic rings. The van der Waals surface area contributed by atoms with E-state index in [-0.39, 0.29) is 22.8 Å². The van der Waals surface area contributed by atoms with E-state index in [2.05, 4.69) is 0 Å². The molecule has 0 saturated carbocycles. The van der Waals surface area contributed by atoms with Crippen molar-refractivity contribution in [3.63, 3.8) is 0 Å². The van der Waals surface area contributed by atoms with Gasteiger partial charge in [-0.1, -0.05) is 0 Å². The molecule has 0 radical (unpaired) electrons. The second-order valence-electron chi connectivity index (χ2n) is 8.28. The summed E-state index contributed by atoms with van der Waals surface area (Å²) in [5.41, 5.74) is 1.11. The van der Waals surface area contributed by atoms with Crippen LogP contribution in [0, 0.1) is 20.2 Å². The van der Waals surface area contributed by atoms with Crippen molar-refractivity contribution in [2.75, 3.05) is 68.9 Å². The Morgan fingerprint density at radius 1 is 0.833 bits per heavy atom. The maximum Gasteiger partial charge on any atom is 0.341 e. The molecule has 0 bridgehead atoms. The predicted octanol–water partition coefficient (Wildman–Crippen LogP) is 1.85. The van der Waals surface area contributed by atoms with Gasteiger partial charge < -0.3 is 24.2 Å². The van der Waals surface area contributed by atoms with E-state index in [4.69, 9.17) is 9.47 Å². The van der Waals surface area contributed by atoms with Gasteiger partial charge in [-0.25, -0.2) is 4.79 Å². The molecule has 4 rings (SSSR count). The molecular weight excluding hydrogens is 474 g/mol. The monoisotopic (exact) mass is 499 g/mol. The third-order valence-corrected chi connectivity index (χ3v) is 6.15. The van der Waals surface area contributed by atoms with Crippen LogP contribution in [-0.2, 0) is 14.3 Å². The number of morpholine rings is 1. The second kappa shape index (κ2) is 11.0. The van der Waals surface area contributed by atoms with Crippen LogP contribution in [0.2, 0.25) is 0 Å². The van der Waals surface area contributed by atoms with E-state index < -0.39 is 22.4 Å². The zero-order valence-corrected chi connectivity index (χ0v) is 19.4. The Hall–Kier alpha value is -4.26. The summed E-state index contributed by atoms with van der Waals surface area (Å²) in [6.07, 6.45) is 0. The van der Waals surface area contributed by atoms with Crippen molar-refractivity contribution in [1.29, 1.82) is 0 Å². The number of hydrogen-bond acceptors (Lipinski definition) is 10. The fourth-order valence-electron chi connectivity index (χ4n) is 4.18. The van der Waals surface area contributed by atoms with Crippen LogP contribution in [0.3, 0.4) is 0 Å². The number of nitro groups is 2. The van der Waals surface area contributed by atoms with Crippen molar-refractivity contribution in [3.8, 4) is 0 Å². The number of ether oxygens (including phenoxy) is 2. The van der Waals surface area contributed by atoms with Gasteiger partial charge in [-0.15, -0.1) is 0 Å². The molecule has 0 unspecified atom stereocenters. The number of hydrogen-bond donors (Lipinski definition) is 0. The molecule has 2 aromatic carbocycles. The van der Waals surface area contributed by atoms with Gasteiger partial charge in [-0.05, 0) is 18.2 Å². The molecule has 13 nitrogen and oxygen atoms in total. The number of carbonyl (C=O) groups is 2. The van der Waals surface area contributed by atoms with Crippen molar-refractivity contribution in [2.45, 2.75) is 0 Å². The first-order chi connectivity index (χ1) is 17.3. The highest BCUT2D eigenvalue weighted by atomic mass is 16.6. The number of esters is 1. The highest BCUT2D eigenvalue weighted by Crippen LogP contribution is 2.27. The Bertz CT molecular complexity index is 1140. The lowest BCUT2D eigenvalue weighted by Crippen LogP contribution is -2.49. The SMILES string of the molecule is O=C(OCC(=O)N1CCN(c2ccc([N+](=O)[O-])cc2)CC1)c1cc([N+](=O)[O-])ccc1N1CCOCC1. The van der Waals surface area contributed by atoms with Crippen molar-refractivity contribution in [3.05, 3.63) is 68.3 Å². The molecule has 0 aromatic heterocycles. The maximum atomic E-state index is 12.9. The molecule has 0 aliphatic carbocycles. The van der Waals surface area contributed by atoms with E-state index in [9.17, 15) is 29.8 Å². The highest BCUT2D eigenvalue weighted by molar-refractivity contribution is 5.97. The van der Waals surface area contributed by atoms with E-state index in [1.165, 1.54) is 30.3 Å². The number of rotatable bonds is 7. The second-order valence-corrected chi connectivity index (χ2v) is 8.28. The Morgan fingerprint density at radius 2 is 1.44 bits per heavy atom. The predicted molar refractivity (Wildman–Crippen MR) is 128 cm³/mol. The van der Waals surface area contributed by atoms with Gasteiger partial charge in [0.05, 0.1) is 34.3 Å². The Balaban J connectivity index is 1.35. The van der Waals surface area contributed by atoms with Crippen LogP contribution in [0.25, 0.3) is 0 Å². The minimum atomic E-state index is -0.807. The molecule has 2 saturated heterocycles. The zero-order valence-electron chi connectivity index (χ0n) is 19.4. The molecule has 0 N–H and O–H groups in total. The standard InChI is InChI=1S/C23H25N5O8/c29-22(26-9-7-24(8-10-26)17-1-3-18(4-2-17)27(31)32)16-36-23(30)20-15-19(28(33)34)5-6-21(20)25-11-13-35-14-12-25/h1-6,15H,7-14,16H2. The summed E-state index contributed by atoms with van der Waals surface area (Å²) < 4.78 is 10.6. The number of benzene rings is 2. The van der Waals surface area contributed by atoms with E-state index in [1.807, 2.05) is 9.80 Å². The van der Waals surface area contributed by atoms with Crippen LogP contribution in [0.15, 0.2) is 42.5 Å². The maximum absolute atomic E-state index is 12.9. The summed E-state index contributed by atoms with van der Waals surface area (Å²) in [6, 6.07) is 10.2. The fraction of sp³-hybridized carbons (Fsp3) is 0.391. The van der Waals surface area contributed by atoms with Gasteiger partial charge in [0.15, 0.2) is 6.61 Å². The molecule has 2 aromatic rings. The van der Waals surface area contributed by atoms with Crippen LogP contribution >= 0.6 is 0 Å². The zero-order chi connectivity index (χ0) is 25.7. The Kier molecular flexibility index (Phi) is 7.59. The average Bonchev–Trinajstić information content (AvgIpc) is 2.91. The lowest BCUT2D eigenvalue weighted by atomic mass is 10.1. The molecule has 0 spiro atoms. The van der Waals surface area contributed by atoms with Gasteiger partial charge in [0.25, 0.3) is 17.3 Å². The molecule has 2 fully saturated rings. The molecule has 0 atom stereocenters. The molecular formula is C23H25N5O8. The third kappa shape index (κ3) is 5.68. The summed E-state index contributed by atoms with van der Waals surface area (Å²) >= 11 is 0. The van der Waals surface area contributed by atoms with E-state index >= 15 is 0 Å². The summed E-state index contributed by atoms with van der Waals surface area (Å²) in [5, 5.41) is 22.1. The van der Waals surface area contributed by atoms with Gasteiger partial charge in [0.2, 0.25) is 0 Å². The highest BCUT2D eigenvalue weighted by Gasteiger charge is 2.26. The minimum Gasteiger partial charge on any atom is -0.452 e. The quantitative estimate of drug-likeness (QED) is 0.314. The number of anilines is 2. The molecule has 190 valence electrons. The molecule has 2 heterocycles. The van der Waals surface area contributed by atoms with Gasteiger partial charge in [-0.3, -0.25) is 25.0 Å². The van der Waals surface area contributed by atoms with Crippen molar-refractivity contribution >= 4 is 34.6 Å². The van der Waals surface area contributed by atoms with Crippen LogP contribution in [0.1, 0.15) is 10.4 Å². The van der Waals surface area contributed by atoms with Gasteiger partial charge >= 0.3 is 5.97 Å². The van der Waals surface area contributed by atoms with E-state index in [0.29, 0.717) is 58.2 Å². The molecule has 2 aliphatic heterocycles. The molecule has 1 amide bonds. The third-order valence-electron chi connectivity index (χ3n) is 6.15. The lowest BCUT2D eigenvalue weighted by molar-refractivity contribution is -0.385. The summed E-state index contributed by atoms with van der Waals surface area (Å²) in [7, 11) is 0. The van der Waals surface area contributed by atoms with Gasteiger partial charge in [-0.2, -0.15) is 0 Å². The first-order valence-corrected chi connectivity index (χ1v) is 11.4. The summed E-state index contributed by atoms with van der Waals surface area (Å²) in [6.45, 7) is 3.32. The smallest absolute Gasteiger partial charge is 0.341 e. The van der Waals surface area contributed by atoms with Gasteiger partial charge in [0.1, 0.15) is 0 Å². The van der Waals surface area contributed by atoms with Gasteiger partial charge in [0, 0.05) is 69.2 Å². The van der Waals surface area contributed by atoms with Crippen LogP contribution < -0.4 is 9.80 Å². The molecule has 36 heavy (non-hydrogen) atoms. The number of non-ortho nitro benzene ring substituents is 2. The Morgan fingerprint density at radius 3 is 2.06 bits per heavy atom. The number of nitro benzene ring substituents is 2. The van der Waals surface area contributed by atoms with E-state index in [0.717, 1.165) is 5.69 Å². The summed E-state index contributed by atoms with van der Waals surface area (Å²) in [4.78, 5) is 52.0. The lowest BCUT2D eigenvalue weighted by Gasteiger charge is -2.36.